The van der Waals surface area contributed by atoms with Gasteiger partial charge in [-0.3, -0.25) is 5.32 Å². The molecule has 2 atom stereocenters. The Balaban J connectivity index is 1.41. The van der Waals surface area contributed by atoms with Crippen molar-refractivity contribution in [3.8, 4) is 11.4 Å². The lowest BCUT2D eigenvalue weighted by Gasteiger charge is -2.27. The number of amides is 2. The summed E-state index contributed by atoms with van der Waals surface area (Å²) in [6.07, 6.45) is -2.35. The highest BCUT2D eigenvalue weighted by Crippen LogP contribution is 2.37. The first kappa shape index (κ1) is 22.0. The summed E-state index contributed by atoms with van der Waals surface area (Å²) in [6.45, 7) is 0.421. The lowest BCUT2D eigenvalue weighted by Crippen LogP contribution is -2.35. The zero-order valence-corrected chi connectivity index (χ0v) is 17.3. The van der Waals surface area contributed by atoms with Gasteiger partial charge in [0.15, 0.2) is 5.82 Å². The number of aromatic nitrogens is 2. The minimum atomic E-state index is -4.52. The van der Waals surface area contributed by atoms with Crippen LogP contribution in [0.15, 0.2) is 54.7 Å². The van der Waals surface area contributed by atoms with E-state index >= 15 is 0 Å². The Hall–Kier alpha value is -3.24. The van der Waals surface area contributed by atoms with Crippen LogP contribution in [0.25, 0.3) is 5.69 Å². The molecule has 1 unspecified atom stereocenters. The molecule has 4 N–H and O–H groups in total. The number of benzene rings is 2. The first-order valence-corrected chi connectivity index (χ1v) is 10.1. The van der Waals surface area contributed by atoms with Crippen LogP contribution in [0, 0.1) is 0 Å². The Morgan fingerprint density at radius 3 is 2.69 bits per heavy atom. The molecule has 2 aromatic carbocycles. The van der Waals surface area contributed by atoms with Crippen molar-refractivity contribution in [2.45, 2.75) is 24.7 Å². The fourth-order valence-corrected chi connectivity index (χ4v) is 3.64. The van der Waals surface area contributed by atoms with Gasteiger partial charge in [0.2, 0.25) is 0 Å². The van der Waals surface area contributed by atoms with Crippen molar-refractivity contribution in [1.82, 2.24) is 15.1 Å². The van der Waals surface area contributed by atoms with Crippen LogP contribution in [-0.4, -0.2) is 28.6 Å². The molecule has 168 valence electrons. The molecule has 0 fully saturated rings. The molecule has 7 nitrogen and oxygen atoms in total. The molecule has 1 aliphatic heterocycles. The number of carbonyl (C=O) groups is 1. The van der Waals surface area contributed by atoms with Gasteiger partial charge in [-0.1, -0.05) is 35.9 Å². The van der Waals surface area contributed by atoms with Crippen LogP contribution in [0.3, 0.4) is 0 Å². The van der Waals surface area contributed by atoms with Crippen molar-refractivity contribution >= 4 is 23.4 Å². The largest absolute Gasteiger partial charge is 0.492 e. The summed E-state index contributed by atoms with van der Waals surface area (Å²) in [5, 5.41) is 10.2. The van der Waals surface area contributed by atoms with Gasteiger partial charge >= 0.3 is 12.2 Å². The predicted molar refractivity (Wildman–Crippen MR) is 113 cm³/mol. The number of ether oxygens (including phenoxy) is 1. The van der Waals surface area contributed by atoms with Crippen LogP contribution < -0.4 is 21.1 Å². The minimum absolute atomic E-state index is 0.0528. The summed E-state index contributed by atoms with van der Waals surface area (Å²) in [4.78, 5) is 12.5. The van der Waals surface area contributed by atoms with E-state index in [2.05, 4.69) is 15.7 Å². The van der Waals surface area contributed by atoms with Gasteiger partial charge in [-0.25, -0.2) is 9.48 Å². The number of nitrogens with two attached hydrogens (primary N) is 1. The fourth-order valence-electron chi connectivity index (χ4n) is 3.40. The van der Waals surface area contributed by atoms with Crippen LogP contribution in [0.4, 0.5) is 23.8 Å². The second kappa shape index (κ2) is 8.71. The topological polar surface area (TPSA) is 94.2 Å². The number of anilines is 1. The highest BCUT2D eigenvalue weighted by molar-refractivity contribution is 6.32. The summed E-state index contributed by atoms with van der Waals surface area (Å²) in [5.41, 5.74) is 6.48. The number of halogens is 4. The number of fused-ring (bicyclic) bond motifs is 1. The van der Waals surface area contributed by atoms with Crippen molar-refractivity contribution in [3.05, 3.63) is 70.9 Å². The van der Waals surface area contributed by atoms with Crippen molar-refractivity contribution in [3.63, 3.8) is 0 Å². The van der Waals surface area contributed by atoms with E-state index in [-0.39, 0.29) is 17.4 Å². The Kier molecular flexibility index (Phi) is 5.98. The molecule has 0 radical (unpaired) electrons. The molecular weight excluding hydrogens is 447 g/mol. The molecule has 3 aromatic rings. The van der Waals surface area contributed by atoms with Crippen molar-refractivity contribution < 1.29 is 22.7 Å². The van der Waals surface area contributed by atoms with E-state index in [1.807, 2.05) is 6.07 Å². The summed E-state index contributed by atoms with van der Waals surface area (Å²) in [5.74, 6) is 0.834. The van der Waals surface area contributed by atoms with Crippen LogP contribution in [0.2, 0.25) is 5.02 Å². The second-order valence-corrected chi connectivity index (χ2v) is 7.61. The molecule has 1 aromatic heterocycles. The SMILES string of the molecule is NC(c1ccc(-n2ccc(NC(=O)N[C@H]3CCOc4c(Cl)cccc43)n2)cc1)C(F)(F)F. The number of urea groups is 1. The zero-order valence-electron chi connectivity index (χ0n) is 16.6. The third-order valence-corrected chi connectivity index (χ3v) is 5.33. The molecular formula is C21H19ClF3N5O2. The van der Waals surface area contributed by atoms with Gasteiger partial charge in [-0.15, -0.1) is 5.10 Å². The highest BCUT2D eigenvalue weighted by Gasteiger charge is 2.37. The number of hydrogen-bond donors (Lipinski definition) is 3. The average molecular weight is 466 g/mol. The van der Waals surface area contributed by atoms with Gasteiger partial charge in [0.1, 0.15) is 11.8 Å². The lowest BCUT2D eigenvalue weighted by atomic mass is 10.0. The van der Waals surface area contributed by atoms with Gasteiger partial charge in [-0.05, 0) is 23.8 Å². The van der Waals surface area contributed by atoms with Crippen LogP contribution >= 0.6 is 11.6 Å². The quantitative estimate of drug-likeness (QED) is 0.519. The summed E-state index contributed by atoms with van der Waals surface area (Å²) in [7, 11) is 0. The Morgan fingerprint density at radius 1 is 1.22 bits per heavy atom. The van der Waals surface area contributed by atoms with Crippen LogP contribution in [-0.2, 0) is 0 Å². The predicted octanol–water partition coefficient (Wildman–Crippen LogP) is 4.73. The second-order valence-electron chi connectivity index (χ2n) is 7.20. The van der Waals surface area contributed by atoms with E-state index < -0.39 is 18.2 Å². The first-order chi connectivity index (χ1) is 15.2. The summed E-state index contributed by atoms with van der Waals surface area (Å²) in [6, 6.07) is 9.67. The van der Waals surface area contributed by atoms with E-state index in [1.165, 1.54) is 28.9 Å². The highest BCUT2D eigenvalue weighted by atomic mass is 35.5. The summed E-state index contributed by atoms with van der Waals surface area (Å²) >= 11 is 6.16. The third kappa shape index (κ3) is 4.66. The van der Waals surface area contributed by atoms with Crippen LogP contribution in [0.5, 0.6) is 5.75 Å². The zero-order chi connectivity index (χ0) is 22.9. The molecule has 4 rings (SSSR count). The maximum atomic E-state index is 12.8. The number of nitrogens with one attached hydrogen (secondary N) is 2. The van der Waals surface area contributed by atoms with Gasteiger partial charge < -0.3 is 15.8 Å². The molecule has 0 bridgehead atoms. The van der Waals surface area contributed by atoms with Crippen LogP contribution in [0.1, 0.15) is 29.6 Å². The molecule has 2 amide bonds. The van der Waals surface area contributed by atoms with E-state index in [1.54, 1.807) is 24.4 Å². The Morgan fingerprint density at radius 2 is 1.97 bits per heavy atom. The molecule has 0 aliphatic carbocycles. The maximum Gasteiger partial charge on any atom is 0.407 e. The molecule has 0 saturated carbocycles. The van der Waals surface area contributed by atoms with E-state index in [0.717, 1.165) is 5.56 Å². The number of nitrogens with zero attached hydrogens (tertiary/aromatic N) is 2. The van der Waals surface area contributed by atoms with E-state index in [4.69, 9.17) is 22.1 Å². The van der Waals surface area contributed by atoms with E-state index in [0.29, 0.717) is 29.5 Å². The fraction of sp³-hybridized carbons (Fsp3) is 0.238. The number of rotatable bonds is 4. The Bertz CT molecular complexity index is 1120. The van der Waals surface area contributed by atoms with E-state index in [9.17, 15) is 18.0 Å². The van der Waals surface area contributed by atoms with Crippen molar-refractivity contribution in [1.29, 1.82) is 0 Å². The first-order valence-electron chi connectivity index (χ1n) is 9.69. The monoisotopic (exact) mass is 465 g/mol. The number of para-hydroxylation sites is 1. The lowest BCUT2D eigenvalue weighted by molar-refractivity contribution is -0.149. The number of carbonyl (C=O) groups excluding carboxylic acids is 1. The standard InChI is InChI=1S/C21H19ClF3N5O2/c22-15-3-1-2-14-16(9-11-32-18(14)15)27-20(31)28-17-8-10-30(29-17)13-6-4-12(5-7-13)19(26)21(23,24)25/h1-8,10,16,19H,9,11,26H2,(H2,27,28,29,31)/t16-,19?/m0/s1. The van der Waals surface area contributed by atoms with Gasteiger partial charge in [0.05, 0.1) is 23.4 Å². The molecule has 0 spiro atoms. The average Bonchev–Trinajstić information content (AvgIpc) is 3.22. The van der Waals surface area contributed by atoms with Crippen molar-refractivity contribution in [2.24, 2.45) is 5.73 Å². The number of alkyl halides is 3. The van der Waals surface area contributed by atoms with Gasteiger partial charge in [0.25, 0.3) is 0 Å². The third-order valence-electron chi connectivity index (χ3n) is 5.03. The molecule has 2 heterocycles. The normalized spacial score (nSPS) is 16.6. The summed E-state index contributed by atoms with van der Waals surface area (Å²) < 4.78 is 45.3. The maximum absolute atomic E-state index is 12.8. The molecule has 11 heteroatoms. The Labute approximate surface area is 186 Å². The van der Waals surface area contributed by atoms with Gasteiger partial charge in [0, 0.05) is 24.2 Å². The van der Waals surface area contributed by atoms with Crippen molar-refractivity contribution in [2.75, 3.05) is 11.9 Å². The number of hydrogen-bond acceptors (Lipinski definition) is 4. The molecule has 1 aliphatic rings. The molecule has 32 heavy (non-hydrogen) atoms. The molecule has 0 saturated heterocycles. The minimum Gasteiger partial charge on any atom is -0.492 e. The smallest absolute Gasteiger partial charge is 0.407 e. The van der Waals surface area contributed by atoms with Gasteiger partial charge in [-0.2, -0.15) is 13.2 Å².